The second-order valence-corrected chi connectivity index (χ2v) is 5.89. The Morgan fingerprint density at radius 1 is 1.24 bits per heavy atom. The first kappa shape index (κ1) is 16.5. The third-order valence-electron chi connectivity index (χ3n) is 3.30. The van der Waals surface area contributed by atoms with Gasteiger partial charge < -0.3 is 16.2 Å². The second kappa shape index (κ2) is 6.65. The summed E-state index contributed by atoms with van der Waals surface area (Å²) in [5.74, 6) is -1.52. The van der Waals surface area contributed by atoms with Crippen LogP contribution in [0.15, 0.2) is 46.6 Å². The number of nitrogens with two attached hydrogens (primary N) is 1. The van der Waals surface area contributed by atoms with Crippen LogP contribution in [0.2, 0.25) is 0 Å². The molecule has 0 fully saturated rings. The van der Waals surface area contributed by atoms with Gasteiger partial charge in [0.15, 0.2) is 5.00 Å². The van der Waals surface area contributed by atoms with Crippen molar-refractivity contribution in [2.24, 2.45) is 16.0 Å². The molecule has 1 aromatic heterocycles. The number of rotatable bonds is 4. The zero-order chi connectivity index (χ0) is 18.0. The van der Waals surface area contributed by atoms with Crippen molar-refractivity contribution in [1.29, 1.82) is 0 Å². The van der Waals surface area contributed by atoms with E-state index in [0.717, 1.165) is 10.9 Å². The quantitative estimate of drug-likeness (QED) is 0.618. The first-order valence-electron chi connectivity index (χ1n) is 7.16. The molecule has 0 radical (unpaired) electrons. The fraction of sp³-hybridized carbons (Fsp3) is 0.0625. The SMILES string of the molecule is CC(=O)Nc1cc(O)c(C(N)=O)cc1/N=N/c1snc2ccccc12. The fourth-order valence-corrected chi connectivity index (χ4v) is 2.89. The Bertz CT molecular complexity index is 1010. The summed E-state index contributed by atoms with van der Waals surface area (Å²) in [5.41, 5.74) is 6.33. The van der Waals surface area contributed by atoms with E-state index in [4.69, 9.17) is 5.73 Å². The van der Waals surface area contributed by atoms with Gasteiger partial charge in [0.2, 0.25) is 5.91 Å². The maximum atomic E-state index is 11.4. The number of aromatic hydroxyl groups is 1. The summed E-state index contributed by atoms with van der Waals surface area (Å²) in [5, 5.41) is 22.1. The number of benzene rings is 2. The van der Waals surface area contributed by atoms with E-state index in [0.29, 0.717) is 5.00 Å². The summed E-state index contributed by atoms with van der Waals surface area (Å²) < 4.78 is 4.27. The molecule has 126 valence electrons. The Hall–Kier alpha value is -3.33. The van der Waals surface area contributed by atoms with Gasteiger partial charge in [0.05, 0.1) is 16.8 Å². The van der Waals surface area contributed by atoms with Crippen LogP contribution in [0.25, 0.3) is 10.9 Å². The van der Waals surface area contributed by atoms with Gasteiger partial charge in [-0.25, -0.2) is 0 Å². The molecule has 0 aliphatic heterocycles. The molecule has 3 aromatic rings. The molecule has 8 nitrogen and oxygen atoms in total. The van der Waals surface area contributed by atoms with Crippen LogP contribution >= 0.6 is 11.5 Å². The van der Waals surface area contributed by atoms with Gasteiger partial charge >= 0.3 is 0 Å². The summed E-state index contributed by atoms with van der Waals surface area (Å²) in [6, 6.07) is 9.95. The van der Waals surface area contributed by atoms with Crippen LogP contribution < -0.4 is 11.1 Å². The predicted octanol–water partition coefficient (Wildman–Crippen LogP) is 3.47. The van der Waals surface area contributed by atoms with Crippen LogP contribution in [0.5, 0.6) is 5.75 Å². The van der Waals surface area contributed by atoms with E-state index in [1.807, 2.05) is 24.3 Å². The molecule has 0 saturated heterocycles. The number of nitrogens with one attached hydrogen (secondary N) is 1. The van der Waals surface area contributed by atoms with Crippen LogP contribution in [-0.2, 0) is 4.79 Å². The topological polar surface area (TPSA) is 130 Å². The molecule has 0 aliphatic carbocycles. The van der Waals surface area contributed by atoms with Crippen LogP contribution in [0.4, 0.5) is 16.4 Å². The number of amides is 2. The van der Waals surface area contributed by atoms with E-state index < -0.39 is 5.91 Å². The number of anilines is 1. The number of carbonyl (C=O) groups is 2. The van der Waals surface area contributed by atoms with E-state index in [1.165, 1.54) is 30.6 Å². The minimum atomic E-state index is -0.813. The number of hydrogen-bond donors (Lipinski definition) is 3. The van der Waals surface area contributed by atoms with E-state index >= 15 is 0 Å². The molecule has 0 unspecified atom stereocenters. The zero-order valence-corrected chi connectivity index (χ0v) is 13.9. The third kappa shape index (κ3) is 3.45. The van der Waals surface area contributed by atoms with E-state index in [2.05, 4.69) is 19.9 Å². The zero-order valence-electron chi connectivity index (χ0n) is 13.1. The molecule has 0 atom stereocenters. The lowest BCUT2D eigenvalue weighted by molar-refractivity contribution is -0.114. The smallest absolute Gasteiger partial charge is 0.252 e. The molecule has 9 heteroatoms. The molecule has 2 amide bonds. The standard InChI is InChI=1S/C16H13N5O3S/c1-8(22)18-12-7-14(23)10(15(17)24)6-13(12)19-20-16-9-4-2-3-5-11(9)21-25-16/h2-7,23H,1H3,(H2,17,24)(H,18,22)/b20-19+. The van der Waals surface area contributed by atoms with Crippen molar-refractivity contribution in [2.45, 2.75) is 6.92 Å². The van der Waals surface area contributed by atoms with E-state index in [9.17, 15) is 14.7 Å². The highest BCUT2D eigenvalue weighted by Gasteiger charge is 2.14. The number of primary amides is 1. The fourth-order valence-electron chi connectivity index (χ4n) is 2.19. The molecule has 2 aromatic carbocycles. The second-order valence-electron chi connectivity index (χ2n) is 5.14. The summed E-state index contributed by atoms with van der Waals surface area (Å²) >= 11 is 1.18. The number of aromatic nitrogens is 1. The Labute approximate surface area is 146 Å². The number of azo groups is 1. The summed E-state index contributed by atoms with van der Waals surface area (Å²) in [4.78, 5) is 22.7. The third-order valence-corrected chi connectivity index (χ3v) is 4.07. The normalized spacial score (nSPS) is 11.1. The van der Waals surface area contributed by atoms with Gasteiger partial charge in [-0.05, 0) is 29.7 Å². The van der Waals surface area contributed by atoms with Crippen molar-refractivity contribution in [3.8, 4) is 5.75 Å². The molecule has 1 heterocycles. The lowest BCUT2D eigenvalue weighted by atomic mass is 10.1. The van der Waals surface area contributed by atoms with Crippen molar-refractivity contribution in [1.82, 2.24) is 4.37 Å². The molecule has 25 heavy (non-hydrogen) atoms. The first-order valence-corrected chi connectivity index (χ1v) is 7.93. The minimum Gasteiger partial charge on any atom is -0.507 e. The summed E-state index contributed by atoms with van der Waals surface area (Å²) in [6.07, 6.45) is 0. The van der Waals surface area contributed by atoms with Gasteiger partial charge in [0, 0.05) is 18.4 Å². The Kier molecular flexibility index (Phi) is 4.40. The first-order chi connectivity index (χ1) is 12.0. The van der Waals surface area contributed by atoms with E-state index in [1.54, 1.807) is 0 Å². The average Bonchev–Trinajstić information content (AvgIpc) is 2.96. The van der Waals surface area contributed by atoms with Gasteiger partial charge in [-0.1, -0.05) is 12.1 Å². The van der Waals surface area contributed by atoms with Gasteiger partial charge in [-0.3, -0.25) is 9.59 Å². The molecular formula is C16H13N5O3S. The molecule has 3 rings (SSSR count). The van der Waals surface area contributed by atoms with Crippen molar-refractivity contribution >= 4 is 50.6 Å². The number of hydrogen-bond acceptors (Lipinski definition) is 7. The van der Waals surface area contributed by atoms with Crippen LogP contribution in [0.3, 0.4) is 0 Å². The monoisotopic (exact) mass is 355 g/mol. The number of fused-ring (bicyclic) bond motifs is 1. The van der Waals surface area contributed by atoms with E-state index in [-0.39, 0.29) is 28.6 Å². The highest BCUT2D eigenvalue weighted by atomic mass is 32.1. The lowest BCUT2D eigenvalue weighted by Crippen LogP contribution is -2.12. The van der Waals surface area contributed by atoms with Crippen molar-refractivity contribution in [3.05, 3.63) is 42.0 Å². The summed E-state index contributed by atoms with van der Waals surface area (Å²) in [6.45, 7) is 1.32. The Balaban J connectivity index is 2.06. The van der Waals surface area contributed by atoms with Crippen LogP contribution in [0.1, 0.15) is 17.3 Å². The van der Waals surface area contributed by atoms with Gasteiger partial charge in [0.25, 0.3) is 5.91 Å². The van der Waals surface area contributed by atoms with Gasteiger partial charge in [-0.15, -0.1) is 10.2 Å². The molecule has 0 saturated carbocycles. The predicted molar refractivity (Wildman–Crippen MR) is 94.7 cm³/mol. The maximum Gasteiger partial charge on any atom is 0.252 e. The number of carbonyl (C=O) groups excluding carboxylic acids is 2. The van der Waals surface area contributed by atoms with Gasteiger partial charge in [-0.2, -0.15) is 4.37 Å². The van der Waals surface area contributed by atoms with Crippen LogP contribution in [0, 0.1) is 0 Å². The molecule has 0 aliphatic rings. The molecule has 4 N–H and O–H groups in total. The van der Waals surface area contributed by atoms with Crippen molar-refractivity contribution in [3.63, 3.8) is 0 Å². The highest BCUT2D eigenvalue weighted by Crippen LogP contribution is 2.36. The summed E-state index contributed by atoms with van der Waals surface area (Å²) in [7, 11) is 0. The highest BCUT2D eigenvalue weighted by molar-refractivity contribution is 7.11. The van der Waals surface area contributed by atoms with Crippen molar-refractivity contribution < 1.29 is 14.7 Å². The minimum absolute atomic E-state index is 0.114. The van der Waals surface area contributed by atoms with Gasteiger partial charge in [0.1, 0.15) is 11.4 Å². The largest absolute Gasteiger partial charge is 0.507 e. The number of nitrogens with zero attached hydrogens (tertiary/aromatic N) is 3. The molecular weight excluding hydrogens is 342 g/mol. The Morgan fingerprint density at radius 2 is 2.00 bits per heavy atom. The number of phenols is 1. The Morgan fingerprint density at radius 3 is 2.72 bits per heavy atom. The van der Waals surface area contributed by atoms with Crippen molar-refractivity contribution in [2.75, 3.05) is 5.32 Å². The molecule has 0 spiro atoms. The van der Waals surface area contributed by atoms with Crippen LogP contribution in [-0.4, -0.2) is 21.3 Å². The average molecular weight is 355 g/mol. The molecule has 0 bridgehead atoms. The maximum absolute atomic E-state index is 11.4. The lowest BCUT2D eigenvalue weighted by Gasteiger charge is -2.08.